The van der Waals surface area contributed by atoms with Crippen LogP contribution in [0.4, 0.5) is 5.13 Å². The van der Waals surface area contributed by atoms with Crippen LogP contribution in [-0.4, -0.2) is 17.9 Å². The second kappa shape index (κ2) is 4.79. The minimum absolute atomic E-state index is 0.210. The van der Waals surface area contributed by atoms with Gasteiger partial charge in [0.1, 0.15) is 5.58 Å². The number of rotatable bonds is 2. The van der Waals surface area contributed by atoms with E-state index in [-0.39, 0.29) is 5.91 Å². The molecule has 3 rings (SSSR count). The van der Waals surface area contributed by atoms with Crippen LogP contribution in [0.1, 0.15) is 10.6 Å². The fourth-order valence-corrected chi connectivity index (χ4v) is 2.84. The van der Waals surface area contributed by atoms with Gasteiger partial charge in [-0.15, -0.1) is 11.3 Å². The molecule has 1 aromatic carbocycles. The summed E-state index contributed by atoms with van der Waals surface area (Å²) in [6, 6.07) is 7.43. The maximum atomic E-state index is 12.3. The summed E-state index contributed by atoms with van der Waals surface area (Å²) in [7, 11) is 1.68. The number of carbonyl (C=O) groups excluding carboxylic acids is 1. The average Bonchev–Trinajstić information content (AvgIpc) is 3.06. The number of anilines is 1. The Balaban J connectivity index is 2.00. The molecule has 0 spiro atoms. The van der Waals surface area contributed by atoms with Gasteiger partial charge in [-0.25, -0.2) is 4.98 Å². The average molecular weight is 337 g/mol. The third-order valence-corrected chi connectivity index (χ3v) is 4.19. The monoisotopic (exact) mass is 336 g/mol. The van der Waals surface area contributed by atoms with Crippen molar-refractivity contribution in [2.24, 2.45) is 0 Å². The molecule has 1 amide bonds. The van der Waals surface area contributed by atoms with Gasteiger partial charge in [-0.3, -0.25) is 9.69 Å². The number of amides is 1. The Kier molecular flexibility index (Phi) is 3.12. The Morgan fingerprint density at radius 1 is 1.47 bits per heavy atom. The van der Waals surface area contributed by atoms with Gasteiger partial charge in [0.2, 0.25) is 0 Å². The highest BCUT2D eigenvalue weighted by atomic mass is 79.9. The lowest BCUT2D eigenvalue weighted by atomic mass is 10.2. The van der Waals surface area contributed by atoms with Crippen molar-refractivity contribution in [2.45, 2.75) is 0 Å². The van der Waals surface area contributed by atoms with Crippen LogP contribution >= 0.6 is 27.3 Å². The number of halogens is 1. The van der Waals surface area contributed by atoms with E-state index in [9.17, 15) is 4.79 Å². The highest BCUT2D eigenvalue weighted by Crippen LogP contribution is 2.28. The van der Waals surface area contributed by atoms with Gasteiger partial charge in [-0.1, -0.05) is 12.1 Å². The van der Waals surface area contributed by atoms with Crippen molar-refractivity contribution < 1.29 is 9.21 Å². The number of carbonyl (C=O) groups is 1. The first-order valence-corrected chi connectivity index (χ1v) is 7.19. The van der Waals surface area contributed by atoms with Gasteiger partial charge in [-0.2, -0.15) is 0 Å². The molecule has 2 aromatic heterocycles. The fourth-order valence-electron chi connectivity index (χ4n) is 1.77. The van der Waals surface area contributed by atoms with Crippen LogP contribution in [0.15, 0.2) is 44.7 Å². The number of para-hydroxylation sites is 1. The highest BCUT2D eigenvalue weighted by Gasteiger charge is 2.20. The molecule has 0 N–H and O–H groups in total. The summed E-state index contributed by atoms with van der Waals surface area (Å²) in [5.74, 6) is 0.0950. The summed E-state index contributed by atoms with van der Waals surface area (Å²) in [6.45, 7) is 0. The van der Waals surface area contributed by atoms with E-state index in [1.807, 2.05) is 23.6 Å². The van der Waals surface area contributed by atoms with Crippen LogP contribution in [-0.2, 0) is 0 Å². The van der Waals surface area contributed by atoms with Gasteiger partial charge >= 0.3 is 0 Å². The molecule has 2 heterocycles. The topological polar surface area (TPSA) is 46.3 Å². The fraction of sp³-hybridized carbons (Fsp3) is 0.0769. The Hall–Kier alpha value is -1.66. The zero-order valence-corrected chi connectivity index (χ0v) is 12.4. The van der Waals surface area contributed by atoms with Crippen molar-refractivity contribution >= 4 is 49.3 Å². The molecule has 0 fully saturated rings. The molecule has 0 aliphatic rings. The largest absolute Gasteiger partial charge is 0.450 e. The van der Waals surface area contributed by atoms with Crippen LogP contribution in [0, 0.1) is 0 Å². The zero-order valence-electron chi connectivity index (χ0n) is 9.96. The van der Waals surface area contributed by atoms with Gasteiger partial charge in [-0.05, 0) is 28.1 Å². The number of hydrogen-bond acceptors (Lipinski definition) is 4. The molecule has 96 valence electrons. The van der Waals surface area contributed by atoms with Crippen molar-refractivity contribution in [3.8, 4) is 0 Å². The summed E-state index contributed by atoms with van der Waals surface area (Å²) in [6.07, 6.45) is 1.67. The molecule has 0 unspecified atom stereocenters. The van der Waals surface area contributed by atoms with Crippen LogP contribution in [0.2, 0.25) is 0 Å². The lowest BCUT2D eigenvalue weighted by Gasteiger charge is -2.11. The van der Waals surface area contributed by atoms with Gasteiger partial charge in [0, 0.05) is 24.0 Å². The molecule has 0 atom stereocenters. The Morgan fingerprint density at radius 3 is 3.00 bits per heavy atom. The molecular formula is C13H9BrN2O2S. The third kappa shape index (κ3) is 2.17. The number of nitrogens with zero attached hydrogens (tertiary/aromatic N) is 2. The number of thiazole rings is 1. The van der Waals surface area contributed by atoms with E-state index in [2.05, 4.69) is 20.9 Å². The van der Waals surface area contributed by atoms with Gasteiger partial charge in [0.15, 0.2) is 10.9 Å². The molecule has 3 aromatic rings. The van der Waals surface area contributed by atoms with Crippen molar-refractivity contribution in [3.63, 3.8) is 0 Å². The second-order valence-corrected chi connectivity index (χ2v) is 5.68. The SMILES string of the molecule is CN(C(=O)c1cc2cccc(Br)c2o1)c1nccs1. The third-order valence-electron chi connectivity index (χ3n) is 2.72. The standard InChI is InChI=1S/C13H9BrN2O2S/c1-16(13-15-5-6-19-13)12(17)10-7-8-3-2-4-9(14)11(8)18-10/h2-7H,1H3. The van der Waals surface area contributed by atoms with Crippen LogP contribution in [0.25, 0.3) is 11.0 Å². The number of fused-ring (bicyclic) bond motifs is 1. The molecule has 6 heteroatoms. The molecule has 0 radical (unpaired) electrons. The Labute approximate surface area is 121 Å². The predicted octanol–water partition coefficient (Wildman–Crippen LogP) is 3.93. The molecule has 0 aliphatic carbocycles. The molecule has 0 saturated carbocycles. The van der Waals surface area contributed by atoms with E-state index in [4.69, 9.17) is 4.42 Å². The number of furan rings is 1. The highest BCUT2D eigenvalue weighted by molar-refractivity contribution is 9.10. The smallest absolute Gasteiger partial charge is 0.295 e. The van der Waals surface area contributed by atoms with E-state index in [1.165, 1.54) is 16.2 Å². The number of hydrogen-bond donors (Lipinski definition) is 0. The van der Waals surface area contributed by atoms with Gasteiger partial charge in [0.05, 0.1) is 4.47 Å². The summed E-state index contributed by atoms with van der Waals surface area (Å²) in [4.78, 5) is 17.9. The summed E-state index contributed by atoms with van der Waals surface area (Å²) >= 11 is 4.81. The Morgan fingerprint density at radius 2 is 2.32 bits per heavy atom. The summed E-state index contributed by atoms with van der Waals surface area (Å²) in [5, 5.41) is 3.36. The van der Waals surface area contributed by atoms with E-state index in [0.717, 1.165) is 9.86 Å². The van der Waals surface area contributed by atoms with Crippen LogP contribution in [0.5, 0.6) is 0 Å². The second-order valence-electron chi connectivity index (χ2n) is 3.95. The predicted molar refractivity (Wildman–Crippen MR) is 78.8 cm³/mol. The number of aromatic nitrogens is 1. The van der Waals surface area contributed by atoms with Crippen molar-refractivity contribution in [2.75, 3.05) is 11.9 Å². The van der Waals surface area contributed by atoms with E-state index < -0.39 is 0 Å². The molecule has 0 saturated heterocycles. The minimum Gasteiger partial charge on any atom is -0.450 e. The summed E-state index contributed by atoms with van der Waals surface area (Å²) in [5.41, 5.74) is 0.679. The van der Waals surface area contributed by atoms with Crippen molar-refractivity contribution in [1.82, 2.24) is 4.98 Å². The molecule has 19 heavy (non-hydrogen) atoms. The first-order chi connectivity index (χ1) is 9.16. The zero-order chi connectivity index (χ0) is 13.4. The summed E-state index contributed by atoms with van der Waals surface area (Å²) < 4.78 is 6.45. The maximum Gasteiger partial charge on any atom is 0.295 e. The van der Waals surface area contributed by atoms with E-state index >= 15 is 0 Å². The van der Waals surface area contributed by atoms with Gasteiger partial charge in [0.25, 0.3) is 5.91 Å². The normalized spacial score (nSPS) is 10.8. The van der Waals surface area contributed by atoms with Crippen molar-refractivity contribution in [3.05, 3.63) is 46.1 Å². The lowest BCUT2D eigenvalue weighted by Crippen LogP contribution is -2.25. The first kappa shape index (κ1) is 12.4. The molecule has 4 nitrogen and oxygen atoms in total. The Bertz CT molecular complexity index is 736. The van der Waals surface area contributed by atoms with Crippen LogP contribution < -0.4 is 4.90 Å². The molecule has 0 aliphatic heterocycles. The maximum absolute atomic E-state index is 12.3. The molecular weight excluding hydrogens is 328 g/mol. The first-order valence-electron chi connectivity index (χ1n) is 5.52. The molecule has 0 bridgehead atoms. The van der Waals surface area contributed by atoms with E-state index in [1.54, 1.807) is 19.3 Å². The number of benzene rings is 1. The quantitative estimate of drug-likeness (QED) is 0.712. The van der Waals surface area contributed by atoms with Crippen LogP contribution in [0.3, 0.4) is 0 Å². The van der Waals surface area contributed by atoms with Gasteiger partial charge < -0.3 is 4.42 Å². The minimum atomic E-state index is -0.210. The van der Waals surface area contributed by atoms with E-state index in [0.29, 0.717) is 16.5 Å². The van der Waals surface area contributed by atoms with Crippen molar-refractivity contribution in [1.29, 1.82) is 0 Å². The lowest BCUT2D eigenvalue weighted by molar-refractivity contribution is 0.0968.